The Morgan fingerprint density at radius 3 is 2.65 bits per heavy atom. The molecule has 0 aliphatic heterocycles. The lowest BCUT2D eigenvalue weighted by molar-refractivity contribution is 0.0941. The van der Waals surface area contributed by atoms with Crippen molar-refractivity contribution in [2.45, 2.75) is 6.92 Å². The van der Waals surface area contributed by atoms with Crippen molar-refractivity contribution in [2.24, 2.45) is 0 Å². The van der Waals surface area contributed by atoms with Crippen LogP contribution in [0.4, 0.5) is 5.69 Å². The molecule has 0 heterocycles. The molecule has 23 heavy (non-hydrogen) atoms. The van der Waals surface area contributed by atoms with Gasteiger partial charge in [0.15, 0.2) is 5.11 Å². The molecule has 0 radical (unpaired) electrons. The van der Waals surface area contributed by atoms with E-state index in [9.17, 15) is 9.90 Å². The molecule has 0 atom stereocenters. The van der Waals surface area contributed by atoms with E-state index in [1.54, 1.807) is 18.2 Å². The maximum absolute atomic E-state index is 12.0. The van der Waals surface area contributed by atoms with E-state index in [1.165, 1.54) is 18.2 Å². The number of carbonyl (C=O) groups excluding carboxylic acids is 1. The number of hydrogen-bond acceptors (Lipinski definition) is 3. The Balaban J connectivity index is 1.98. The summed E-state index contributed by atoms with van der Waals surface area (Å²) >= 11 is 16.9. The van der Waals surface area contributed by atoms with Crippen LogP contribution >= 0.6 is 35.4 Å². The predicted molar refractivity (Wildman–Crippen MR) is 96.1 cm³/mol. The Morgan fingerprint density at radius 2 is 1.91 bits per heavy atom. The zero-order chi connectivity index (χ0) is 17.0. The summed E-state index contributed by atoms with van der Waals surface area (Å²) in [5, 5.41) is 13.7. The van der Waals surface area contributed by atoms with Crippen LogP contribution in [0.25, 0.3) is 0 Å². The molecule has 2 aromatic rings. The largest absolute Gasteiger partial charge is 0.507 e. The molecule has 2 aromatic carbocycles. The van der Waals surface area contributed by atoms with Crippen molar-refractivity contribution in [3.63, 3.8) is 0 Å². The van der Waals surface area contributed by atoms with Crippen LogP contribution in [0, 0.1) is 6.92 Å². The summed E-state index contributed by atoms with van der Waals surface area (Å²) in [6.45, 7) is 1.84. The van der Waals surface area contributed by atoms with Crippen LogP contribution in [-0.2, 0) is 0 Å². The molecular formula is C15H13Cl2N3O2S. The maximum Gasteiger partial charge on any atom is 0.273 e. The molecule has 120 valence electrons. The van der Waals surface area contributed by atoms with Crippen LogP contribution in [0.15, 0.2) is 36.4 Å². The molecular weight excluding hydrogens is 357 g/mol. The number of hydrazine groups is 1. The molecule has 0 aliphatic rings. The predicted octanol–water partition coefficient (Wildman–Crippen LogP) is 3.64. The van der Waals surface area contributed by atoms with Gasteiger partial charge in [-0.3, -0.25) is 15.6 Å². The van der Waals surface area contributed by atoms with Crippen LogP contribution in [-0.4, -0.2) is 16.1 Å². The minimum absolute atomic E-state index is 0.0340. The minimum Gasteiger partial charge on any atom is -0.507 e. The van der Waals surface area contributed by atoms with Crippen LogP contribution < -0.4 is 16.2 Å². The van der Waals surface area contributed by atoms with Crippen molar-refractivity contribution in [2.75, 3.05) is 5.32 Å². The number of nitrogens with one attached hydrogen (secondary N) is 3. The summed E-state index contributed by atoms with van der Waals surface area (Å²) in [6, 6.07) is 9.52. The third-order valence-electron chi connectivity index (χ3n) is 3.01. The van der Waals surface area contributed by atoms with Gasteiger partial charge in [-0.25, -0.2) is 0 Å². The van der Waals surface area contributed by atoms with E-state index in [2.05, 4.69) is 16.2 Å². The first kappa shape index (κ1) is 17.3. The fraction of sp³-hybridized carbons (Fsp3) is 0.0667. The number of rotatable bonds is 2. The second kappa shape index (κ2) is 7.50. The molecule has 5 nitrogen and oxygen atoms in total. The number of benzene rings is 2. The van der Waals surface area contributed by atoms with E-state index in [1.807, 2.05) is 6.92 Å². The lowest BCUT2D eigenvalue weighted by atomic mass is 10.2. The van der Waals surface area contributed by atoms with Gasteiger partial charge in [0.05, 0.1) is 5.56 Å². The molecule has 8 heteroatoms. The maximum atomic E-state index is 12.0. The van der Waals surface area contributed by atoms with Gasteiger partial charge in [0.2, 0.25) is 0 Å². The summed E-state index contributed by atoms with van der Waals surface area (Å²) in [5.41, 5.74) is 6.51. The number of halogens is 2. The first-order chi connectivity index (χ1) is 10.9. The molecule has 1 amide bonds. The number of phenolic OH excluding ortho intramolecular Hbond substituents is 1. The van der Waals surface area contributed by atoms with Gasteiger partial charge in [-0.2, -0.15) is 0 Å². The highest BCUT2D eigenvalue weighted by Crippen LogP contribution is 2.23. The van der Waals surface area contributed by atoms with Crippen molar-refractivity contribution < 1.29 is 9.90 Å². The average Bonchev–Trinajstić information content (AvgIpc) is 2.52. The van der Waals surface area contributed by atoms with E-state index in [-0.39, 0.29) is 16.4 Å². The molecule has 0 saturated carbocycles. The van der Waals surface area contributed by atoms with E-state index in [0.29, 0.717) is 10.0 Å². The Labute approximate surface area is 148 Å². The summed E-state index contributed by atoms with van der Waals surface area (Å²) in [6.07, 6.45) is 0. The third kappa shape index (κ3) is 4.48. The van der Waals surface area contributed by atoms with Gasteiger partial charge in [0.25, 0.3) is 5.91 Å². The minimum atomic E-state index is -0.572. The van der Waals surface area contributed by atoms with E-state index in [4.69, 9.17) is 35.4 Å². The molecule has 0 saturated heterocycles. The van der Waals surface area contributed by atoms with Crippen LogP contribution in [0.1, 0.15) is 15.9 Å². The Hall–Kier alpha value is -2.02. The average molecular weight is 370 g/mol. The van der Waals surface area contributed by atoms with Gasteiger partial charge in [-0.1, -0.05) is 29.3 Å². The van der Waals surface area contributed by atoms with Gasteiger partial charge in [0.1, 0.15) is 5.75 Å². The molecule has 0 aromatic heterocycles. The monoisotopic (exact) mass is 369 g/mol. The standard InChI is InChI=1S/C15H13Cl2N3O2S/c1-8-11(17)3-2-4-12(8)18-15(23)20-19-14(22)10-7-9(16)5-6-13(10)21/h2-7,21H,1H3,(H,19,22)(H2,18,20,23). The molecule has 4 N–H and O–H groups in total. The van der Waals surface area contributed by atoms with E-state index in [0.717, 1.165) is 11.3 Å². The summed E-state index contributed by atoms with van der Waals surface area (Å²) in [5.74, 6) is -0.754. The molecule has 2 rings (SSSR count). The lowest BCUT2D eigenvalue weighted by Crippen LogP contribution is -2.43. The number of hydrogen-bond donors (Lipinski definition) is 4. The summed E-state index contributed by atoms with van der Waals surface area (Å²) in [7, 11) is 0. The first-order valence-electron chi connectivity index (χ1n) is 6.49. The highest BCUT2D eigenvalue weighted by molar-refractivity contribution is 7.80. The van der Waals surface area contributed by atoms with Crippen molar-refractivity contribution in [1.29, 1.82) is 0 Å². The highest BCUT2D eigenvalue weighted by atomic mass is 35.5. The Morgan fingerprint density at radius 1 is 1.17 bits per heavy atom. The summed E-state index contributed by atoms with van der Waals surface area (Å²) < 4.78 is 0. The smallest absolute Gasteiger partial charge is 0.273 e. The fourth-order valence-corrected chi connectivity index (χ4v) is 2.28. The SMILES string of the molecule is Cc1c(Cl)cccc1NC(=S)NNC(=O)c1cc(Cl)ccc1O. The number of anilines is 1. The molecule has 0 fully saturated rings. The number of carbonyl (C=O) groups is 1. The van der Waals surface area contributed by atoms with Crippen LogP contribution in [0.3, 0.4) is 0 Å². The molecule has 0 spiro atoms. The van der Waals surface area contributed by atoms with Gasteiger partial charge in [0, 0.05) is 15.7 Å². The first-order valence-corrected chi connectivity index (χ1v) is 7.66. The van der Waals surface area contributed by atoms with Crippen molar-refractivity contribution in [3.05, 3.63) is 57.6 Å². The van der Waals surface area contributed by atoms with Crippen molar-refractivity contribution in [1.82, 2.24) is 10.9 Å². The van der Waals surface area contributed by atoms with Gasteiger partial charge in [-0.05, 0) is 55.0 Å². The number of thiocarbonyl (C=S) groups is 1. The van der Waals surface area contributed by atoms with Crippen molar-refractivity contribution in [3.8, 4) is 5.75 Å². The normalized spacial score (nSPS) is 10.0. The quantitative estimate of drug-likeness (QED) is 0.480. The van der Waals surface area contributed by atoms with Gasteiger partial charge in [-0.15, -0.1) is 0 Å². The molecule has 0 bridgehead atoms. The summed E-state index contributed by atoms with van der Waals surface area (Å²) in [4.78, 5) is 12.0. The lowest BCUT2D eigenvalue weighted by Gasteiger charge is -2.14. The molecule has 0 aliphatic carbocycles. The van der Waals surface area contributed by atoms with E-state index >= 15 is 0 Å². The van der Waals surface area contributed by atoms with Gasteiger partial charge >= 0.3 is 0 Å². The van der Waals surface area contributed by atoms with E-state index < -0.39 is 5.91 Å². The third-order valence-corrected chi connectivity index (χ3v) is 3.86. The fourth-order valence-electron chi connectivity index (χ4n) is 1.77. The topological polar surface area (TPSA) is 73.4 Å². The van der Waals surface area contributed by atoms with Gasteiger partial charge < -0.3 is 10.4 Å². The Bertz CT molecular complexity index is 768. The zero-order valence-electron chi connectivity index (χ0n) is 12.0. The van der Waals surface area contributed by atoms with Crippen molar-refractivity contribution >= 4 is 52.1 Å². The Kier molecular flexibility index (Phi) is 5.65. The number of phenols is 1. The highest BCUT2D eigenvalue weighted by Gasteiger charge is 2.12. The zero-order valence-corrected chi connectivity index (χ0v) is 14.3. The second-order valence-corrected chi connectivity index (χ2v) is 5.86. The number of aromatic hydroxyl groups is 1. The van der Waals surface area contributed by atoms with Crippen LogP contribution in [0.2, 0.25) is 10.0 Å². The van der Waals surface area contributed by atoms with Crippen LogP contribution in [0.5, 0.6) is 5.75 Å². The molecule has 0 unspecified atom stereocenters. The second-order valence-electron chi connectivity index (χ2n) is 4.61. The number of amides is 1.